The number of hydrogen-bond acceptors (Lipinski definition) is 4. The number of hydrogen-bond donors (Lipinski definition) is 1. The van der Waals surface area contributed by atoms with Gasteiger partial charge in [0.1, 0.15) is 0 Å². The lowest BCUT2D eigenvalue weighted by Crippen LogP contribution is -2.24. The molecule has 20 heavy (non-hydrogen) atoms. The summed E-state index contributed by atoms with van der Waals surface area (Å²) in [5.41, 5.74) is 1.07. The fourth-order valence-electron chi connectivity index (χ4n) is 2.99. The lowest BCUT2D eigenvalue weighted by Gasteiger charge is -2.23. The standard InChI is InChI=1S/C15H27N3O2/c1-17(2)9-10-18-15(14(20-3)11-16-18)12-7-5-4-6-8-13(12)19/h11-13,19H,4-10H2,1-3H3. The smallest absolute Gasteiger partial charge is 0.160 e. The van der Waals surface area contributed by atoms with Crippen molar-refractivity contribution >= 4 is 0 Å². The van der Waals surface area contributed by atoms with E-state index in [9.17, 15) is 5.11 Å². The molecule has 1 aromatic rings. The van der Waals surface area contributed by atoms with Gasteiger partial charge in [0.05, 0.1) is 31.6 Å². The number of aliphatic hydroxyl groups is 1. The van der Waals surface area contributed by atoms with Crippen molar-refractivity contribution in [1.82, 2.24) is 14.7 Å². The molecule has 2 rings (SSSR count). The first-order chi connectivity index (χ1) is 9.63. The van der Waals surface area contributed by atoms with Gasteiger partial charge in [0, 0.05) is 12.5 Å². The second-order valence-electron chi connectivity index (χ2n) is 5.94. The zero-order valence-electron chi connectivity index (χ0n) is 12.9. The van der Waals surface area contributed by atoms with Crippen molar-refractivity contribution in [2.45, 2.75) is 50.7 Å². The summed E-state index contributed by atoms with van der Waals surface area (Å²) in [7, 11) is 5.79. The Bertz CT molecular complexity index is 417. The minimum Gasteiger partial charge on any atom is -0.493 e. The largest absolute Gasteiger partial charge is 0.493 e. The molecule has 0 bridgehead atoms. The second kappa shape index (κ2) is 7.09. The highest BCUT2D eigenvalue weighted by molar-refractivity contribution is 5.30. The Morgan fingerprint density at radius 1 is 1.35 bits per heavy atom. The van der Waals surface area contributed by atoms with E-state index in [1.54, 1.807) is 13.3 Å². The Hall–Kier alpha value is -1.07. The Kier molecular flexibility index (Phi) is 5.43. The molecule has 2 atom stereocenters. The maximum Gasteiger partial charge on any atom is 0.160 e. The molecule has 1 aromatic heterocycles. The second-order valence-corrected chi connectivity index (χ2v) is 5.94. The van der Waals surface area contributed by atoms with E-state index in [1.807, 2.05) is 4.68 Å². The minimum atomic E-state index is -0.277. The molecule has 0 saturated heterocycles. The molecule has 5 nitrogen and oxygen atoms in total. The van der Waals surface area contributed by atoms with Crippen LogP contribution in [0.3, 0.4) is 0 Å². The number of likely N-dealkylation sites (N-methyl/N-ethyl adjacent to an activating group) is 1. The number of aromatic nitrogens is 2. The molecule has 114 valence electrons. The van der Waals surface area contributed by atoms with Crippen LogP contribution in [0.4, 0.5) is 0 Å². The molecule has 1 N–H and O–H groups in total. The summed E-state index contributed by atoms with van der Waals surface area (Å²) in [6.45, 7) is 1.76. The van der Waals surface area contributed by atoms with Crippen LogP contribution in [0.2, 0.25) is 0 Å². The molecule has 0 aliphatic heterocycles. The van der Waals surface area contributed by atoms with Crippen molar-refractivity contribution in [3.8, 4) is 5.75 Å². The van der Waals surface area contributed by atoms with Crippen molar-refractivity contribution in [1.29, 1.82) is 0 Å². The first kappa shape index (κ1) is 15.3. The Balaban J connectivity index is 2.24. The van der Waals surface area contributed by atoms with Crippen molar-refractivity contribution in [2.75, 3.05) is 27.7 Å². The van der Waals surface area contributed by atoms with Gasteiger partial charge in [-0.25, -0.2) is 0 Å². The van der Waals surface area contributed by atoms with Gasteiger partial charge in [0.15, 0.2) is 5.75 Å². The van der Waals surface area contributed by atoms with Crippen molar-refractivity contribution in [3.63, 3.8) is 0 Å². The fourth-order valence-corrected chi connectivity index (χ4v) is 2.99. The number of rotatable bonds is 5. The molecule has 1 saturated carbocycles. The molecule has 2 unspecified atom stereocenters. The summed E-state index contributed by atoms with van der Waals surface area (Å²) in [6, 6.07) is 0. The molecule has 1 fully saturated rings. The number of ether oxygens (including phenoxy) is 1. The molecule has 0 radical (unpaired) electrons. The van der Waals surface area contributed by atoms with E-state index in [2.05, 4.69) is 24.1 Å². The molecular weight excluding hydrogens is 254 g/mol. The third kappa shape index (κ3) is 3.52. The van der Waals surface area contributed by atoms with Crippen LogP contribution in [-0.4, -0.2) is 53.6 Å². The van der Waals surface area contributed by atoms with Gasteiger partial charge in [0.25, 0.3) is 0 Å². The monoisotopic (exact) mass is 281 g/mol. The Morgan fingerprint density at radius 2 is 2.10 bits per heavy atom. The molecule has 5 heteroatoms. The minimum absolute atomic E-state index is 0.150. The zero-order valence-corrected chi connectivity index (χ0v) is 12.9. The van der Waals surface area contributed by atoms with Crippen LogP contribution in [0.25, 0.3) is 0 Å². The normalized spacial score (nSPS) is 23.9. The molecule has 0 aromatic carbocycles. The van der Waals surface area contributed by atoms with Gasteiger partial charge >= 0.3 is 0 Å². The lowest BCUT2D eigenvalue weighted by molar-refractivity contribution is 0.129. The fraction of sp³-hybridized carbons (Fsp3) is 0.800. The third-order valence-corrected chi connectivity index (χ3v) is 4.15. The number of nitrogens with zero attached hydrogens (tertiary/aromatic N) is 3. The molecule has 1 aliphatic carbocycles. The summed E-state index contributed by atoms with van der Waals surface area (Å²) in [6.07, 6.45) is 6.90. The van der Waals surface area contributed by atoms with Crippen LogP contribution < -0.4 is 4.74 Å². The quantitative estimate of drug-likeness (QED) is 0.837. The summed E-state index contributed by atoms with van der Waals surface area (Å²) in [5, 5.41) is 14.9. The van der Waals surface area contributed by atoms with Gasteiger partial charge in [-0.2, -0.15) is 5.10 Å². The number of aliphatic hydroxyl groups excluding tert-OH is 1. The molecule has 0 spiro atoms. The molecule has 0 amide bonds. The average molecular weight is 281 g/mol. The van der Waals surface area contributed by atoms with E-state index in [0.29, 0.717) is 0 Å². The predicted octanol–water partition coefficient (Wildman–Crippen LogP) is 1.86. The van der Waals surface area contributed by atoms with E-state index >= 15 is 0 Å². The summed E-state index contributed by atoms with van der Waals surface area (Å²) < 4.78 is 7.48. The van der Waals surface area contributed by atoms with E-state index in [1.165, 1.54) is 12.8 Å². The van der Waals surface area contributed by atoms with E-state index in [0.717, 1.165) is 43.8 Å². The highest BCUT2D eigenvalue weighted by Gasteiger charge is 2.29. The molecule has 1 aliphatic rings. The van der Waals surface area contributed by atoms with Gasteiger partial charge < -0.3 is 14.7 Å². The Labute approximate surface area is 121 Å². The SMILES string of the molecule is COc1cnn(CCN(C)C)c1C1CCCCCC1O. The van der Waals surface area contributed by atoms with Gasteiger partial charge in [-0.05, 0) is 26.9 Å². The maximum atomic E-state index is 10.4. The van der Waals surface area contributed by atoms with Gasteiger partial charge in [-0.3, -0.25) is 4.68 Å². The summed E-state index contributed by atoms with van der Waals surface area (Å²) in [4.78, 5) is 2.14. The molecule has 1 heterocycles. The van der Waals surface area contributed by atoms with Crippen LogP contribution in [-0.2, 0) is 6.54 Å². The van der Waals surface area contributed by atoms with Crippen LogP contribution in [0.5, 0.6) is 5.75 Å². The summed E-state index contributed by atoms with van der Waals surface area (Å²) in [5.74, 6) is 0.965. The van der Waals surface area contributed by atoms with Crippen LogP contribution in [0.15, 0.2) is 6.20 Å². The maximum absolute atomic E-state index is 10.4. The van der Waals surface area contributed by atoms with Gasteiger partial charge in [0.2, 0.25) is 0 Å². The summed E-state index contributed by atoms with van der Waals surface area (Å²) >= 11 is 0. The third-order valence-electron chi connectivity index (χ3n) is 4.15. The van der Waals surface area contributed by atoms with E-state index in [4.69, 9.17) is 4.74 Å². The van der Waals surface area contributed by atoms with Gasteiger partial charge in [-0.1, -0.05) is 19.3 Å². The van der Waals surface area contributed by atoms with Crippen LogP contribution in [0, 0.1) is 0 Å². The van der Waals surface area contributed by atoms with Crippen LogP contribution >= 0.6 is 0 Å². The van der Waals surface area contributed by atoms with Crippen molar-refractivity contribution in [2.24, 2.45) is 0 Å². The first-order valence-electron chi connectivity index (χ1n) is 7.56. The van der Waals surface area contributed by atoms with E-state index in [-0.39, 0.29) is 12.0 Å². The zero-order chi connectivity index (χ0) is 14.5. The van der Waals surface area contributed by atoms with E-state index < -0.39 is 0 Å². The van der Waals surface area contributed by atoms with Crippen molar-refractivity contribution < 1.29 is 9.84 Å². The first-order valence-corrected chi connectivity index (χ1v) is 7.56. The van der Waals surface area contributed by atoms with Crippen molar-refractivity contribution in [3.05, 3.63) is 11.9 Å². The highest BCUT2D eigenvalue weighted by Crippen LogP contribution is 2.36. The topological polar surface area (TPSA) is 50.5 Å². The Morgan fingerprint density at radius 3 is 2.80 bits per heavy atom. The van der Waals surface area contributed by atoms with Crippen LogP contribution in [0.1, 0.15) is 43.7 Å². The molecular formula is C15H27N3O2. The predicted molar refractivity (Wildman–Crippen MR) is 79.2 cm³/mol. The highest BCUT2D eigenvalue weighted by atomic mass is 16.5. The average Bonchev–Trinajstić information content (AvgIpc) is 2.71. The van der Waals surface area contributed by atoms with Gasteiger partial charge in [-0.15, -0.1) is 0 Å². The number of methoxy groups -OCH3 is 1. The lowest BCUT2D eigenvalue weighted by atomic mass is 9.93.